The van der Waals surface area contributed by atoms with Crippen LogP contribution in [0, 0.1) is 0 Å². The van der Waals surface area contributed by atoms with E-state index in [1.54, 1.807) is 41.2 Å². The van der Waals surface area contributed by atoms with Crippen molar-refractivity contribution >= 4 is 33.6 Å². The number of amides is 1. The third-order valence-electron chi connectivity index (χ3n) is 5.10. The lowest BCUT2D eigenvalue weighted by Crippen LogP contribution is -2.13. The van der Waals surface area contributed by atoms with Crippen LogP contribution >= 0.6 is 0 Å². The molecule has 3 aromatic heterocycles. The summed E-state index contributed by atoms with van der Waals surface area (Å²) in [5.41, 5.74) is 3.42. The van der Waals surface area contributed by atoms with Gasteiger partial charge in [0, 0.05) is 29.2 Å². The van der Waals surface area contributed by atoms with Crippen LogP contribution in [0.4, 0.5) is 5.69 Å². The normalized spacial score (nSPS) is 11.1. The number of carbonyl (C=O) groups is 1. The fourth-order valence-corrected chi connectivity index (χ4v) is 3.57. The van der Waals surface area contributed by atoms with Gasteiger partial charge in [-0.2, -0.15) is 5.10 Å². The number of hydrogen-bond donors (Lipinski definition) is 1. The van der Waals surface area contributed by atoms with E-state index in [2.05, 4.69) is 10.4 Å². The van der Waals surface area contributed by atoms with Crippen molar-refractivity contribution in [2.24, 2.45) is 0 Å². The Bertz CT molecular complexity index is 1490. The maximum atomic E-state index is 13.3. The Hall–Kier alpha value is -4.26. The van der Waals surface area contributed by atoms with Crippen LogP contribution in [-0.4, -0.2) is 20.7 Å². The van der Waals surface area contributed by atoms with Crippen molar-refractivity contribution in [1.29, 1.82) is 0 Å². The van der Waals surface area contributed by atoms with Gasteiger partial charge >= 0.3 is 5.63 Å². The Morgan fingerprint density at radius 3 is 2.71 bits per heavy atom. The van der Waals surface area contributed by atoms with Gasteiger partial charge in [-0.1, -0.05) is 30.3 Å². The lowest BCUT2D eigenvalue weighted by molar-refractivity contribution is 0.102. The summed E-state index contributed by atoms with van der Waals surface area (Å²) in [7, 11) is 0. The number of carbonyl (C=O) groups excluding carboxylic acids is 1. The third-order valence-corrected chi connectivity index (χ3v) is 5.10. The second-order valence-corrected chi connectivity index (χ2v) is 7.08. The number of nitrogens with one attached hydrogen (secondary N) is 1. The van der Waals surface area contributed by atoms with Gasteiger partial charge in [-0.25, -0.2) is 14.5 Å². The van der Waals surface area contributed by atoms with E-state index < -0.39 is 5.63 Å². The molecule has 0 aliphatic heterocycles. The number of aromatic nitrogens is 3. The van der Waals surface area contributed by atoms with Gasteiger partial charge in [-0.15, -0.1) is 0 Å². The molecule has 7 heteroatoms. The predicted octanol–water partition coefficient (Wildman–Crippen LogP) is 4.48. The molecule has 5 rings (SSSR count). The molecule has 0 fully saturated rings. The van der Waals surface area contributed by atoms with Crippen LogP contribution in [-0.2, 0) is 6.54 Å². The smallest absolute Gasteiger partial charge is 0.336 e. The summed E-state index contributed by atoms with van der Waals surface area (Å²) in [4.78, 5) is 29.4. The molecule has 1 amide bonds. The number of fused-ring (bicyclic) bond motifs is 2. The minimum atomic E-state index is -0.412. The van der Waals surface area contributed by atoms with Gasteiger partial charge in [0.05, 0.1) is 22.8 Å². The first kappa shape index (κ1) is 18.7. The number of pyridine rings is 1. The Morgan fingerprint density at radius 2 is 1.90 bits per heavy atom. The zero-order valence-corrected chi connectivity index (χ0v) is 16.7. The van der Waals surface area contributed by atoms with Crippen LogP contribution in [0.15, 0.2) is 82.1 Å². The van der Waals surface area contributed by atoms with E-state index in [0.717, 1.165) is 10.9 Å². The third kappa shape index (κ3) is 3.46. The van der Waals surface area contributed by atoms with Crippen molar-refractivity contribution in [2.75, 3.05) is 5.32 Å². The number of benzene rings is 2. The largest absolute Gasteiger partial charge is 0.423 e. The fraction of sp³-hybridized carbons (Fsp3) is 0.0833. The van der Waals surface area contributed by atoms with Crippen LogP contribution in [0.25, 0.3) is 33.3 Å². The van der Waals surface area contributed by atoms with Crippen LogP contribution in [0.3, 0.4) is 0 Å². The molecule has 0 atom stereocenters. The summed E-state index contributed by atoms with van der Waals surface area (Å²) in [6.45, 7) is 2.63. The highest BCUT2D eigenvalue weighted by atomic mass is 16.4. The molecule has 1 N–H and O–H groups in total. The quantitative estimate of drug-likeness (QED) is 0.441. The average Bonchev–Trinajstić information content (AvgIpc) is 3.22. The van der Waals surface area contributed by atoms with E-state index in [1.807, 2.05) is 37.3 Å². The van der Waals surface area contributed by atoms with E-state index in [-0.39, 0.29) is 5.91 Å². The number of aryl methyl sites for hydroxylation is 1. The van der Waals surface area contributed by atoms with Gasteiger partial charge in [0.25, 0.3) is 5.91 Å². The van der Waals surface area contributed by atoms with Crippen molar-refractivity contribution in [1.82, 2.24) is 14.8 Å². The molecule has 0 aliphatic rings. The van der Waals surface area contributed by atoms with E-state index in [0.29, 0.717) is 40.1 Å². The second-order valence-electron chi connectivity index (χ2n) is 7.08. The number of anilines is 1. The van der Waals surface area contributed by atoms with E-state index in [9.17, 15) is 9.59 Å². The summed E-state index contributed by atoms with van der Waals surface area (Å²) in [6.07, 6.45) is 1.67. The van der Waals surface area contributed by atoms with Crippen molar-refractivity contribution in [3.05, 3.63) is 88.9 Å². The molecule has 0 unspecified atom stereocenters. The van der Waals surface area contributed by atoms with Crippen LogP contribution in [0.2, 0.25) is 0 Å². The van der Waals surface area contributed by atoms with E-state index in [4.69, 9.17) is 9.40 Å². The molecule has 3 heterocycles. The molecular formula is C24H18N4O3. The number of nitrogens with zero attached hydrogens (tertiary/aromatic N) is 3. The maximum absolute atomic E-state index is 13.3. The first-order valence-corrected chi connectivity index (χ1v) is 9.89. The number of rotatable bonds is 4. The predicted molar refractivity (Wildman–Crippen MR) is 119 cm³/mol. The van der Waals surface area contributed by atoms with Gasteiger partial charge in [-0.3, -0.25) is 4.79 Å². The number of hydrogen-bond acceptors (Lipinski definition) is 5. The molecule has 0 aliphatic carbocycles. The summed E-state index contributed by atoms with van der Waals surface area (Å²) < 4.78 is 6.93. The Kier molecular flexibility index (Phi) is 4.55. The van der Waals surface area contributed by atoms with Crippen molar-refractivity contribution in [3.8, 4) is 11.3 Å². The van der Waals surface area contributed by atoms with Gasteiger partial charge in [0.1, 0.15) is 5.58 Å². The summed E-state index contributed by atoms with van der Waals surface area (Å²) in [5.74, 6) is -0.267. The Balaban J connectivity index is 1.58. The van der Waals surface area contributed by atoms with Crippen molar-refractivity contribution < 1.29 is 9.21 Å². The Labute approximate surface area is 177 Å². The van der Waals surface area contributed by atoms with E-state index in [1.165, 1.54) is 6.07 Å². The summed E-state index contributed by atoms with van der Waals surface area (Å²) in [6, 6.07) is 19.7. The van der Waals surface area contributed by atoms with Crippen LogP contribution < -0.4 is 10.9 Å². The average molecular weight is 410 g/mol. The van der Waals surface area contributed by atoms with Crippen molar-refractivity contribution in [2.45, 2.75) is 13.5 Å². The Morgan fingerprint density at radius 1 is 1.06 bits per heavy atom. The highest BCUT2D eigenvalue weighted by Crippen LogP contribution is 2.26. The van der Waals surface area contributed by atoms with Gasteiger partial charge in [0.15, 0.2) is 5.65 Å². The fourth-order valence-electron chi connectivity index (χ4n) is 3.57. The highest BCUT2D eigenvalue weighted by Gasteiger charge is 2.17. The zero-order valence-electron chi connectivity index (χ0n) is 16.7. The molecule has 31 heavy (non-hydrogen) atoms. The molecule has 0 bridgehead atoms. The molecule has 0 saturated carbocycles. The second kappa shape index (κ2) is 7.53. The molecule has 0 saturated heterocycles. The first-order valence-electron chi connectivity index (χ1n) is 9.89. The molecular weight excluding hydrogens is 392 g/mol. The lowest BCUT2D eigenvalue weighted by atomic mass is 10.1. The van der Waals surface area contributed by atoms with Crippen LogP contribution in [0.5, 0.6) is 0 Å². The van der Waals surface area contributed by atoms with Gasteiger partial charge in [-0.05, 0) is 37.3 Å². The van der Waals surface area contributed by atoms with E-state index >= 15 is 0 Å². The maximum Gasteiger partial charge on any atom is 0.336 e. The monoisotopic (exact) mass is 410 g/mol. The topological polar surface area (TPSA) is 90.0 Å². The standard InChI is InChI=1S/C24H18N4O3/c1-2-28-23-19(14-25-28)18(13-20(27-23)15-6-4-3-5-7-15)24(30)26-17-9-10-21-16(12-17)8-11-22(29)31-21/h3-14H,2H2,1H3,(H,26,30). The summed E-state index contributed by atoms with van der Waals surface area (Å²) >= 11 is 0. The molecule has 0 radical (unpaired) electrons. The molecule has 0 spiro atoms. The lowest BCUT2D eigenvalue weighted by Gasteiger charge is -2.10. The minimum Gasteiger partial charge on any atom is -0.423 e. The minimum absolute atomic E-state index is 0.267. The van der Waals surface area contributed by atoms with Gasteiger partial charge in [0.2, 0.25) is 0 Å². The molecule has 152 valence electrons. The molecule has 2 aromatic carbocycles. The molecule has 7 nitrogen and oxygen atoms in total. The summed E-state index contributed by atoms with van der Waals surface area (Å²) in [5, 5.41) is 8.73. The first-order chi connectivity index (χ1) is 15.1. The molecule has 5 aromatic rings. The SMILES string of the molecule is CCn1ncc2c(C(=O)Nc3ccc4oc(=O)ccc4c3)cc(-c3ccccc3)nc21. The zero-order chi connectivity index (χ0) is 21.4. The van der Waals surface area contributed by atoms with Crippen molar-refractivity contribution in [3.63, 3.8) is 0 Å². The highest BCUT2D eigenvalue weighted by molar-refractivity contribution is 6.13. The van der Waals surface area contributed by atoms with Gasteiger partial charge < -0.3 is 9.73 Å². The van der Waals surface area contributed by atoms with Crippen LogP contribution in [0.1, 0.15) is 17.3 Å².